The SMILES string of the molecule is C.COc1ccc2c(OC)noc2c1.COc1coc2ccccc12.COc1nsc2ccccc12. The summed E-state index contributed by atoms with van der Waals surface area (Å²) >= 11 is 1.46. The van der Waals surface area contributed by atoms with Crippen LogP contribution in [0.2, 0.25) is 0 Å². The lowest BCUT2D eigenvalue weighted by molar-refractivity contribution is 0.350. The van der Waals surface area contributed by atoms with Gasteiger partial charge in [0.1, 0.15) is 17.6 Å². The minimum atomic E-state index is 0. The van der Waals surface area contributed by atoms with Crippen molar-refractivity contribution in [2.24, 2.45) is 0 Å². The number of rotatable bonds is 4. The van der Waals surface area contributed by atoms with Crippen LogP contribution in [0.25, 0.3) is 32.0 Å². The fourth-order valence-electron chi connectivity index (χ4n) is 3.29. The molecule has 3 heterocycles. The van der Waals surface area contributed by atoms with E-state index in [-0.39, 0.29) is 7.43 Å². The first-order chi connectivity index (χ1) is 17.2. The highest BCUT2D eigenvalue weighted by Gasteiger charge is 2.08. The number of ether oxygens (including phenoxy) is 4. The van der Waals surface area contributed by atoms with Crippen molar-refractivity contribution >= 4 is 43.6 Å². The molecular formula is C27H28N2O6S. The lowest BCUT2D eigenvalue weighted by Crippen LogP contribution is -1.83. The Morgan fingerprint density at radius 2 is 1.42 bits per heavy atom. The summed E-state index contributed by atoms with van der Waals surface area (Å²) < 4.78 is 35.7. The molecule has 0 atom stereocenters. The van der Waals surface area contributed by atoms with Crippen molar-refractivity contribution in [2.45, 2.75) is 7.43 Å². The first-order valence-corrected chi connectivity index (χ1v) is 11.3. The molecule has 0 fully saturated rings. The Morgan fingerprint density at radius 1 is 0.694 bits per heavy atom. The minimum absolute atomic E-state index is 0. The van der Waals surface area contributed by atoms with Gasteiger partial charge in [0.15, 0.2) is 11.3 Å². The van der Waals surface area contributed by atoms with Gasteiger partial charge in [0, 0.05) is 6.07 Å². The molecule has 0 N–H and O–H groups in total. The number of benzene rings is 3. The zero-order valence-corrected chi connectivity index (χ0v) is 20.5. The summed E-state index contributed by atoms with van der Waals surface area (Å²) in [6.07, 6.45) is 1.62. The Bertz CT molecular complexity index is 1450. The van der Waals surface area contributed by atoms with Crippen molar-refractivity contribution < 1.29 is 27.9 Å². The molecule has 36 heavy (non-hydrogen) atoms. The van der Waals surface area contributed by atoms with E-state index in [2.05, 4.69) is 9.53 Å². The summed E-state index contributed by atoms with van der Waals surface area (Å²) in [4.78, 5) is 0. The molecule has 3 aromatic carbocycles. The number of nitrogens with zero attached hydrogens (tertiary/aromatic N) is 2. The molecule has 9 heteroatoms. The van der Waals surface area contributed by atoms with Crippen molar-refractivity contribution in [2.75, 3.05) is 28.4 Å². The molecule has 0 amide bonds. The highest BCUT2D eigenvalue weighted by atomic mass is 32.1. The molecule has 8 nitrogen and oxygen atoms in total. The maximum atomic E-state index is 5.21. The average Bonchev–Trinajstić information content (AvgIpc) is 3.65. The second kappa shape index (κ2) is 12.5. The fraction of sp³-hybridized carbons (Fsp3) is 0.185. The molecule has 0 saturated heterocycles. The van der Waals surface area contributed by atoms with E-state index in [1.807, 2.05) is 60.7 Å². The van der Waals surface area contributed by atoms with Gasteiger partial charge in [-0.25, -0.2) is 0 Å². The predicted octanol–water partition coefficient (Wildman–Crippen LogP) is 7.23. The fourth-order valence-corrected chi connectivity index (χ4v) is 4.04. The van der Waals surface area contributed by atoms with Crippen LogP contribution in [0, 0.1) is 0 Å². The Hall–Kier alpha value is -4.24. The van der Waals surface area contributed by atoms with Crippen LogP contribution in [0.4, 0.5) is 0 Å². The lowest BCUT2D eigenvalue weighted by atomic mass is 10.2. The molecule has 0 bridgehead atoms. The minimum Gasteiger partial charge on any atom is -0.497 e. The molecule has 6 rings (SSSR count). The van der Waals surface area contributed by atoms with Crippen LogP contribution in [0.5, 0.6) is 23.3 Å². The molecule has 0 radical (unpaired) electrons. The van der Waals surface area contributed by atoms with Gasteiger partial charge >= 0.3 is 0 Å². The smallest absolute Gasteiger partial charge is 0.261 e. The van der Waals surface area contributed by atoms with Crippen LogP contribution in [0.3, 0.4) is 0 Å². The van der Waals surface area contributed by atoms with E-state index in [0.29, 0.717) is 11.5 Å². The van der Waals surface area contributed by atoms with Crippen LogP contribution in [0.15, 0.2) is 81.9 Å². The summed E-state index contributed by atoms with van der Waals surface area (Å²) in [6, 6.07) is 21.3. The maximum Gasteiger partial charge on any atom is 0.261 e. The van der Waals surface area contributed by atoms with Crippen LogP contribution < -0.4 is 18.9 Å². The predicted molar refractivity (Wildman–Crippen MR) is 143 cm³/mol. The highest BCUT2D eigenvalue weighted by molar-refractivity contribution is 7.13. The summed E-state index contributed by atoms with van der Waals surface area (Å²) in [5.41, 5.74) is 1.53. The molecule has 3 aromatic heterocycles. The van der Waals surface area contributed by atoms with Gasteiger partial charge in [-0.15, -0.1) is 0 Å². The average molecular weight is 509 g/mol. The highest BCUT2D eigenvalue weighted by Crippen LogP contribution is 2.29. The quantitative estimate of drug-likeness (QED) is 0.246. The summed E-state index contributed by atoms with van der Waals surface area (Å²) in [5.74, 6) is 2.76. The summed E-state index contributed by atoms with van der Waals surface area (Å²) in [6.45, 7) is 0. The molecule has 0 aliphatic rings. The molecule has 0 saturated carbocycles. The zero-order valence-electron chi connectivity index (χ0n) is 19.7. The summed E-state index contributed by atoms with van der Waals surface area (Å²) in [5, 5.41) is 6.71. The number of para-hydroxylation sites is 1. The van der Waals surface area contributed by atoms with E-state index >= 15 is 0 Å². The number of hydrogen-bond acceptors (Lipinski definition) is 9. The second-order valence-corrected chi connectivity index (χ2v) is 7.85. The first-order valence-electron chi connectivity index (χ1n) is 10.5. The molecule has 0 unspecified atom stereocenters. The van der Waals surface area contributed by atoms with Crippen molar-refractivity contribution in [1.82, 2.24) is 9.53 Å². The Kier molecular flexibility index (Phi) is 9.13. The number of hydrogen-bond donors (Lipinski definition) is 0. The molecule has 188 valence electrons. The van der Waals surface area contributed by atoms with Crippen LogP contribution >= 0.6 is 11.5 Å². The Balaban J connectivity index is 0.000000149. The van der Waals surface area contributed by atoms with E-state index in [1.165, 1.54) is 16.2 Å². The number of furan rings is 1. The van der Waals surface area contributed by atoms with Crippen molar-refractivity contribution in [3.63, 3.8) is 0 Å². The van der Waals surface area contributed by atoms with E-state index in [9.17, 15) is 0 Å². The van der Waals surface area contributed by atoms with Gasteiger partial charge in [0.25, 0.3) is 5.88 Å². The van der Waals surface area contributed by atoms with Gasteiger partial charge in [0.2, 0.25) is 5.88 Å². The molecule has 6 aromatic rings. The van der Waals surface area contributed by atoms with Gasteiger partial charge in [-0.3, -0.25) is 0 Å². The number of methoxy groups -OCH3 is 4. The molecule has 0 spiro atoms. The second-order valence-electron chi connectivity index (χ2n) is 7.04. The van der Waals surface area contributed by atoms with Gasteiger partial charge in [-0.1, -0.05) is 31.7 Å². The third kappa shape index (κ3) is 5.69. The van der Waals surface area contributed by atoms with Crippen molar-refractivity contribution in [3.05, 3.63) is 73.0 Å². The zero-order chi connectivity index (χ0) is 24.6. The van der Waals surface area contributed by atoms with E-state index < -0.39 is 0 Å². The number of fused-ring (bicyclic) bond motifs is 3. The summed E-state index contributed by atoms with van der Waals surface area (Å²) in [7, 11) is 6.44. The molecular weight excluding hydrogens is 480 g/mol. The lowest BCUT2D eigenvalue weighted by Gasteiger charge is -1.97. The number of aromatic nitrogens is 2. The topological polar surface area (TPSA) is 89.0 Å². The third-order valence-corrected chi connectivity index (χ3v) is 5.85. The van der Waals surface area contributed by atoms with E-state index in [1.54, 1.807) is 40.8 Å². The normalized spacial score (nSPS) is 10.0. The largest absolute Gasteiger partial charge is 0.497 e. The Morgan fingerprint density at radius 3 is 2.14 bits per heavy atom. The molecule has 0 aliphatic heterocycles. The standard InChI is InChI=1S/C9H9NO3.C9H8O2.C8H7NOS.CH4/c1-11-6-3-4-7-8(5-6)13-10-9(7)12-2;1-10-9-6-11-8-5-3-2-4-7(8)9;1-10-8-6-4-2-3-5-7(6)11-9-8;/h3-5H,1-2H3;2-6H,1H3;2-5H,1H3;1H4. The van der Waals surface area contributed by atoms with Gasteiger partial charge in [0.05, 0.1) is 49.3 Å². The molecule has 0 aliphatic carbocycles. The van der Waals surface area contributed by atoms with Crippen molar-refractivity contribution in [3.8, 4) is 23.3 Å². The maximum absolute atomic E-state index is 5.21. The Labute approximate surface area is 213 Å². The van der Waals surface area contributed by atoms with E-state index in [4.69, 9.17) is 27.9 Å². The van der Waals surface area contributed by atoms with Crippen LogP contribution in [0.1, 0.15) is 7.43 Å². The van der Waals surface area contributed by atoms with Gasteiger partial charge in [-0.05, 0) is 53.1 Å². The van der Waals surface area contributed by atoms with Crippen molar-refractivity contribution in [1.29, 1.82) is 0 Å². The van der Waals surface area contributed by atoms with Crippen LogP contribution in [-0.2, 0) is 0 Å². The monoisotopic (exact) mass is 508 g/mol. The van der Waals surface area contributed by atoms with Gasteiger partial charge < -0.3 is 27.9 Å². The third-order valence-electron chi connectivity index (χ3n) is 5.04. The first kappa shape index (κ1) is 26.4. The van der Waals surface area contributed by atoms with Crippen LogP contribution in [-0.4, -0.2) is 38.0 Å². The van der Waals surface area contributed by atoms with Gasteiger partial charge in [-0.2, -0.15) is 4.37 Å². The van der Waals surface area contributed by atoms with E-state index in [0.717, 1.165) is 39.1 Å².